The highest BCUT2D eigenvalue weighted by molar-refractivity contribution is 6.51. The molecule has 0 saturated carbocycles. The van der Waals surface area contributed by atoms with Gasteiger partial charge in [0.2, 0.25) is 0 Å². The van der Waals surface area contributed by atoms with E-state index in [1.54, 1.807) is 0 Å². The SMILES string of the molecule is O=C(O)C(=O)N(Cl)c1cccc([N+](=O)[O-])c1. The zero-order chi connectivity index (χ0) is 12.3. The number of aliphatic carboxylic acids is 1. The Morgan fingerprint density at radius 3 is 2.56 bits per heavy atom. The van der Waals surface area contributed by atoms with E-state index >= 15 is 0 Å². The van der Waals surface area contributed by atoms with Gasteiger partial charge in [-0.25, -0.2) is 9.21 Å². The van der Waals surface area contributed by atoms with E-state index in [0.717, 1.165) is 6.07 Å². The molecule has 0 atom stereocenters. The van der Waals surface area contributed by atoms with Crippen LogP contribution in [0, 0.1) is 10.1 Å². The van der Waals surface area contributed by atoms with Crippen LogP contribution < -0.4 is 4.42 Å². The first kappa shape index (κ1) is 11.9. The lowest BCUT2D eigenvalue weighted by molar-refractivity contribution is -0.384. The Balaban J connectivity index is 3.05. The predicted molar refractivity (Wildman–Crippen MR) is 54.1 cm³/mol. The Labute approximate surface area is 94.1 Å². The number of carbonyl (C=O) groups excluding carboxylic acids is 1. The lowest BCUT2D eigenvalue weighted by Gasteiger charge is -2.10. The van der Waals surface area contributed by atoms with Gasteiger partial charge in [-0.1, -0.05) is 6.07 Å². The summed E-state index contributed by atoms with van der Waals surface area (Å²) in [5, 5.41) is 18.8. The molecule has 7 nitrogen and oxygen atoms in total. The number of non-ortho nitro benzene ring substituents is 1. The summed E-state index contributed by atoms with van der Waals surface area (Å²) >= 11 is 5.41. The minimum atomic E-state index is -1.75. The second-order valence-corrected chi connectivity index (χ2v) is 3.01. The van der Waals surface area contributed by atoms with Crippen LogP contribution in [-0.4, -0.2) is 21.9 Å². The van der Waals surface area contributed by atoms with Gasteiger partial charge in [0.1, 0.15) is 0 Å². The number of carboxylic acid groups (broad SMARTS) is 1. The van der Waals surface area contributed by atoms with Crippen molar-refractivity contribution in [3.63, 3.8) is 0 Å². The van der Waals surface area contributed by atoms with Crippen LogP contribution in [0.1, 0.15) is 0 Å². The van der Waals surface area contributed by atoms with Gasteiger partial charge in [0.05, 0.1) is 10.6 Å². The number of anilines is 1. The maximum Gasteiger partial charge on any atom is 0.396 e. The number of hydrogen-bond acceptors (Lipinski definition) is 4. The molecule has 0 aliphatic carbocycles. The molecule has 16 heavy (non-hydrogen) atoms. The number of carboxylic acids is 1. The fourth-order valence-corrected chi connectivity index (χ4v) is 1.11. The fraction of sp³-hybridized carbons (Fsp3) is 0. The van der Waals surface area contributed by atoms with Crippen LogP contribution in [0.25, 0.3) is 0 Å². The Morgan fingerprint density at radius 2 is 2.06 bits per heavy atom. The molecule has 0 aliphatic rings. The lowest BCUT2D eigenvalue weighted by Crippen LogP contribution is -2.28. The molecule has 0 aromatic heterocycles. The van der Waals surface area contributed by atoms with Crippen molar-refractivity contribution in [2.24, 2.45) is 0 Å². The number of benzene rings is 1. The van der Waals surface area contributed by atoms with E-state index < -0.39 is 16.8 Å². The van der Waals surface area contributed by atoms with Gasteiger partial charge in [0, 0.05) is 23.9 Å². The van der Waals surface area contributed by atoms with Gasteiger partial charge in [0.15, 0.2) is 0 Å². The van der Waals surface area contributed by atoms with Crippen LogP contribution in [0.5, 0.6) is 0 Å². The van der Waals surface area contributed by atoms with Crippen molar-refractivity contribution in [1.29, 1.82) is 0 Å². The van der Waals surface area contributed by atoms with Gasteiger partial charge in [-0.3, -0.25) is 14.9 Å². The van der Waals surface area contributed by atoms with E-state index in [4.69, 9.17) is 16.9 Å². The maximum atomic E-state index is 10.9. The average Bonchev–Trinajstić information content (AvgIpc) is 2.27. The van der Waals surface area contributed by atoms with E-state index in [1.165, 1.54) is 18.2 Å². The number of amides is 1. The van der Waals surface area contributed by atoms with Gasteiger partial charge in [-0.2, -0.15) is 0 Å². The molecule has 0 fully saturated rings. The van der Waals surface area contributed by atoms with Crippen molar-refractivity contribution < 1.29 is 19.6 Å². The zero-order valence-electron chi connectivity index (χ0n) is 7.66. The molecule has 0 unspecified atom stereocenters. The smallest absolute Gasteiger partial charge is 0.396 e. The summed E-state index contributed by atoms with van der Waals surface area (Å²) in [5.41, 5.74) is -0.371. The molecule has 0 bridgehead atoms. The minimum absolute atomic E-state index is 0.0803. The van der Waals surface area contributed by atoms with E-state index in [-0.39, 0.29) is 11.4 Å². The Kier molecular flexibility index (Phi) is 3.41. The molecular weight excluding hydrogens is 240 g/mol. The average molecular weight is 245 g/mol. The normalized spacial score (nSPS) is 9.56. The molecule has 0 aliphatic heterocycles. The van der Waals surface area contributed by atoms with Crippen molar-refractivity contribution in [2.75, 3.05) is 4.42 Å². The van der Waals surface area contributed by atoms with Crippen LogP contribution in [0.4, 0.5) is 11.4 Å². The molecule has 0 heterocycles. The van der Waals surface area contributed by atoms with Crippen molar-refractivity contribution >= 4 is 35.0 Å². The van der Waals surface area contributed by atoms with E-state index in [1.807, 2.05) is 0 Å². The molecule has 1 aromatic carbocycles. The first-order chi connectivity index (χ1) is 7.43. The summed E-state index contributed by atoms with van der Waals surface area (Å²) in [6.07, 6.45) is 0. The fourth-order valence-electron chi connectivity index (χ4n) is 0.930. The van der Waals surface area contributed by atoms with E-state index in [2.05, 4.69) is 0 Å². The maximum absolute atomic E-state index is 10.9. The number of halogens is 1. The number of carbonyl (C=O) groups is 2. The van der Waals surface area contributed by atoms with Gasteiger partial charge in [-0.05, 0) is 6.07 Å². The molecule has 1 aromatic rings. The number of rotatable bonds is 2. The van der Waals surface area contributed by atoms with Crippen LogP contribution in [0.3, 0.4) is 0 Å². The molecule has 1 amide bonds. The molecule has 1 N–H and O–H groups in total. The molecule has 0 saturated heterocycles. The van der Waals surface area contributed by atoms with Crippen molar-refractivity contribution in [1.82, 2.24) is 0 Å². The summed E-state index contributed by atoms with van der Waals surface area (Å²) in [6.45, 7) is 0. The van der Waals surface area contributed by atoms with Crippen molar-refractivity contribution in [3.05, 3.63) is 34.4 Å². The highest BCUT2D eigenvalue weighted by Gasteiger charge is 2.22. The molecule has 8 heteroatoms. The largest absolute Gasteiger partial charge is 0.474 e. The Hall–Kier alpha value is -2.15. The summed E-state index contributed by atoms with van der Waals surface area (Å²) in [5.74, 6) is -3.14. The van der Waals surface area contributed by atoms with E-state index in [9.17, 15) is 19.7 Å². The topological polar surface area (TPSA) is 101 Å². The van der Waals surface area contributed by atoms with Gasteiger partial charge >= 0.3 is 11.9 Å². The standard InChI is InChI=1S/C8H5ClN2O5/c9-10(7(12)8(13)14)5-2-1-3-6(4-5)11(15)16/h1-4H,(H,13,14). The van der Waals surface area contributed by atoms with Crippen LogP contribution in [0.15, 0.2) is 24.3 Å². The van der Waals surface area contributed by atoms with Gasteiger partial charge < -0.3 is 5.11 Å². The first-order valence-electron chi connectivity index (χ1n) is 3.91. The minimum Gasteiger partial charge on any atom is -0.474 e. The summed E-state index contributed by atoms with van der Waals surface area (Å²) in [6, 6.07) is 4.76. The van der Waals surface area contributed by atoms with Crippen LogP contribution >= 0.6 is 11.8 Å². The summed E-state index contributed by atoms with van der Waals surface area (Å²) in [4.78, 5) is 31.0. The monoisotopic (exact) mass is 244 g/mol. The third-order valence-corrected chi connectivity index (χ3v) is 1.98. The van der Waals surface area contributed by atoms with Gasteiger partial charge in [-0.15, -0.1) is 0 Å². The van der Waals surface area contributed by atoms with Gasteiger partial charge in [0.25, 0.3) is 5.69 Å². The second kappa shape index (κ2) is 4.58. The van der Waals surface area contributed by atoms with Crippen LogP contribution in [-0.2, 0) is 9.59 Å². The second-order valence-electron chi connectivity index (χ2n) is 2.67. The summed E-state index contributed by atoms with van der Waals surface area (Å²) in [7, 11) is 0. The first-order valence-corrected chi connectivity index (χ1v) is 4.25. The molecule has 0 radical (unpaired) electrons. The van der Waals surface area contributed by atoms with Crippen molar-refractivity contribution in [2.45, 2.75) is 0 Å². The third kappa shape index (κ3) is 2.45. The number of nitro groups is 1. The number of hydrogen-bond donors (Lipinski definition) is 1. The molecular formula is C8H5ClN2O5. The lowest BCUT2D eigenvalue weighted by atomic mass is 10.3. The number of nitrogens with zero attached hydrogens (tertiary/aromatic N) is 2. The quantitative estimate of drug-likeness (QED) is 0.364. The summed E-state index contributed by atoms with van der Waals surface area (Å²) < 4.78 is 0.301. The highest BCUT2D eigenvalue weighted by Crippen LogP contribution is 2.22. The van der Waals surface area contributed by atoms with E-state index in [0.29, 0.717) is 4.42 Å². The Bertz CT molecular complexity index is 461. The third-order valence-electron chi connectivity index (χ3n) is 1.63. The highest BCUT2D eigenvalue weighted by atomic mass is 35.5. The molecule has 1 rings (SSSR count). The van der Waals surface area contributed by atoms with Crippen molar-refractivity contribution in [3.8, 4) is 0 Å². The Morgan fingerprint density at radius 1 is 1.44 bits per heavy atom. The number of nitro benzene ring substituents is 1. The molecule has 0 spiro atoms. The van der Waals surface area contributed by atoms with Crippen LogP contribution in [0.2, 0.25) is 0 Å². The zero-order valence-corrected chi connectivity index (χ0v) is 8.42. The molecule has 84 valence electrons. The predicted octanol–water partition coefficient (Wildman–Crippen LogP) is 1.17.